The van der Waals surface area contributed by atoms with Gasteiger partial charge in [-0.05, 0) is 26.0 Å². The third-order valence-electron chi connectivity index (χ3n) is 3.23. The Hall–Kier alpha value is -2.04. The number of hydrogen-bond acceptors (Lipinski definition) is 4. The van der Waals surface area contributed by atoms with E-state index in [1.165, 1.54) is 0 Å². The highest BCUT2D eigenvalue weighted by atomic mass is 16.6. The fraction of sp³-hybridized carbons (Fsp3) is 0.429. The van der Waals surface area contributed by atoms with Crippen LogP contribution in [-0.2, 0) is 9.63 Å². The first kappa shape index (κ1) is 13.4. The number of rotatable bonds is 4. The normalized spacial score (nSPS) is 17.8. The first-order valence-electron chi connectivity index (χ1n) is 6.47. The van der Waals surface area contributed by atoms with Crippen molar-refractivity contribution in [3.8, 4) is 5.75 Å². The number of carbonyl (C=O) groups excluding carboxylic acids is 1. The van der Waals surface area contributed by atoms with Gasteiger partial charge in [0, 0.05) is 25.1 Å². The second-order valence-corrected chi connectivity index (χ2v) is 4.36. The quantitative estimate of drug-likeness (QED) is 0.899. The van der Waals surface area contributed by atoms with Crippen LogP contribution < -0.4 is 0 Å². The molecule has 0 fully saturated rings. The van der Waals surface area contributed by atoms with Crippen LogP contribution in [0.25, 0.3) is 0 Å². The van der Waals surface area contributed by atoms with Crippen LogP contribution in [-0.4, -0.2) is 40.8 Å². The van der Waals surface area contributed by atoms with Gasteiger partial charge in [0.05, 0.1) is 5.71 Å². The SMILES string of the molecule is CCN(CC)C(=O)C1CC(c2ccccc2O)=NO1. The molecule has 1 unspecified atom stereocenters. The Balaban J connectivity index is 2.08. The van der Waals surface area contributed by atoms with Crippen LogP contribution in [0.2, 0.25) is 0 Å². The number of oxime groups is 1. The molecule has 1 atom stereocenters. The molecule has 1 aromatic rings. The van der Waals surface area contributed by atoms with Gasteiger partial charge >= 0.3 is 0 Å². The summed E-state index contributed by atoms with van der Waals surface area (Å²) >= 11 is 0. The van der Waals surface area contributed by atoms with Crippen LogP contribution in [0, 0.1) is 0 Å². The van der Waals surface area contributed by atoms with Crippen molar-refractivity contribution < 1.29 is 14.7 Å². The molecular weight excluding hydrogens is 244 g/mol. The van der Waals surface area contributed by atoms with Gasteiger partial charge in [0.1, 0.15) is 5.75 Å². The summed E-state index contributed by atoms with van der Waals surface area (Å²) in [6.45, 7) is 5.17. The Labute approximate surface area is 112 Å². The molecule has 5 heteroatoms. The van der Waals surface area contributed by atoms with Gasteiger partial charge in [-0.1, -0.05) is 17.3 Å². The molecule has 1 N–H and O–H groups in total. The van der Waals surface area contributed by atoms with Gasteiger partial charge in [-0.3, -0.25) is 4.79 Å². The Morgan fingerprint density at radius 2 is 2.11 bits per heavy atom. The maximum absolute atomic E-state index is 12.1. The number of nitrogens with zero attached hydrogens (tertiary/aromatic N) is 2. The largest absolute Gasteiger partial charge is 0.507 e. The van der Waals surface area contributed by atoms with Crippen LogP contribution >= 0.6 is 0 Å². The molecule has 1 aliphatic rings. The average Bonchev–Trinajstić information content (AvgIpc) is 2.90. The van der Waals surface area contributed by atoms with Crippen LogP contribution in [0.15, 0.2) is 29.4 Å². The van der Waals surface area contributed by atoms with Crippen molar-refractivity contribution in [2.45, 2.75) is 26.4 Å². The fourth-order valence-corrected chi connectivity index (χ4v) is 2.13. The average molecular weight is 262 g/mol. The van der Waals surface area contributed by atoms with E-state index in [9.17, 15) is 9.90 Å². The van der Waals surface area contributed by atoms with Crippen LogP contribution in [0.5, 0.6) is 5.75 Å². The number of amides is 1. The molecule has 2 rings (SSSR count). The van der Waals surface area contributed by atoms with Crippen molar-refractivity contribution in [3.05, 3.63) is 29.8 Å². The third-order valence-corrected chi connectivity index (χ3v) is 3.23. The minimum atomic E-state index is -0.575. The lowest BCUT2D eigenvalue weighted by Crippen LogP contribution is -2.39. The van der Waals surface area contributed by atoms with Gasteiger partial charge in [-0.2, -0.15) is 0 Å². The molecule has 5 nitrogen and oxygen atoms in total. The van der Waals surface area contributed by atoms with E-state index in [1.807, 2.05) is 19.9 Å². The lowest BCUT2D eigenvalue weighted by molar-refractivity contribution is -0.141. The van der Waals surface area contributed by atoms with E-state index < -0.39 is 6.10 Å². The van der Waals surface area contributed by atoms with E-state index in [2.05, 4.69) is 5.16 Å². The molecule has 1 aliphatic heterocycles. The second kappa shape index (κ2) is 5.73. The zero-order chi connectivity index (χ0) is 13.8. The van der Waals surface area contributed by atoms with Crippen molar-refractivity contribution in [2.24, 2.45) is 5.16 Å². The molecular formula is C14H18N2O3. The van der Waals surface area contributed by atoms with Gasteiger partial charge in [0.2, 0.25) is 6.10 Å². The van der Waals surface area contributed by atoms with Gasteiger partial charge in [0.25, 0.3) is 5.91 Å². The number of phenols is 1. The van der Waals surface area contributed by atoms with Crippen LogP contribution in [0.4, 0.5) is 0 Å². The summed E-state index contributed by atoms with van der Waals surface area (Å²) in [7, 11) is 0. The van der Waals surface area contributed by atoms with Crippen molar-refractivity contribution in [2.75, 3.05) is 13.1 Å². The Morgan fingerprint density at radius 3 is 2.74 bits per heavy atom. The van der Waals surface area contributed by atoms with E-state index in [-0.39, 0.29) is 11.7 Å². The topological polar surface area (TPSA) is 62.1 Å². The van der Waals surface area contributed by atoms with Gasteiger partial charge in [0.15, 0.2) is 0 Å². The molecule has 1 heterocycles. The third kappa shape index (κ3) is 2.70. The van der Waals surface area contributed by atoms with Crippen molar-refractivity contribution in [1.82, 2.24) is 4.90 Å². The minimum absolute atomic E-state index is 0.0563. The Kier molecular flexibility index (Phi) is 4.04. The molecule has 0 saturated carbocycles. The maximum Gasteiger partial charge on any atom is 0.266 e. The molecule has 0 bridgehead atoms. The fourth-order valence-electron chi connectivity index (χ4n) is 2.13. The first-order valence-corrected chi connectivity index (χ1v) is 6.47. The van der Waals surface area contributed by atoms with Gasteiger partial charge in [-0.15, -0.1) is 0 Å². The number of hydrogen-bond donors (Lipinski definition) is 1. The number of carbonyl (C=O) groups is 1. The lowest BCUT2D eigenvalue weighted by Gasteiger charge is -2.20. The van der Waals surface area contributed by atoms with Crippen LogP contribution in [0.3, 0.4) is 0 Å². The highest BCUT2D eigenvalue weighted by Gasteiger charge is 2.32. The zero-order valence-corrected chi connectivity index (χ0v) is 11.2. The summed E-state index contributed by atoms with van der Waals surface area (Å²) in [5.41, 5.74) is 1.24. The van der Waals surface area contributed by atoms with Crippen molar-refractivity contribution in [1.29, 1.82) is 0 Å². The highest BCUT2D eigenvalue weighted by molar-refractivity contribution is 6.05. The predicted octanol–water partition coefficient (Wildman–Crippen LogP) is 1.75. The number of likely N-dealkylation sites (N-methyl/N-ethyl adjacent to an activating group) is 1. The van der Waals surface area contributed by atoms with E-state index >= 15 is 0 Å². The van der Waals surface area contributed by atoms with E-state index in [1.54, 1.807) is 23.1 Å². The summed E-state index contributed by atoms with van der Waals surface area (Å²) in [5, 5.41) is 13.7. The summed E-state index contributed by atoms with van der Waals surface area (Å²) in [6, 6.07) is 6.92. The number of para-hydroxylation sites is 1. The Morgan fingerprint density at radius 1 is 1.42 bits per heavy atom. The lowest BCUT2D eigenvalue weighted by atomic mass is 10.0. The molecule has 0 aromatic heterocycles. The molecule has 19 heavy (non-hydrogen) atoms. The summed E-state index contributed by atoms with van der Waals surface area (Å²) in [5.74, 6) is 0.0972. The van der Waals surface area contributed by atoms with Crippen molar-refractivity contribution >= 4 is 11.6 Å². The number of phenolic OH excluding ortho intramolecular Hbond substituents is 1. The highest BCUT2D eigenvalue weighted by Crippen LogP contribution is 2.24. The van der Waals surface area contributed by atoms with Crippen LogP contribution in [0.1, 0.15) is 25.8 Å². The Bertz CT molecular complexity index is 495. The standard InChI is InChI=1S/C14H18N2O3/c1-3-16(4-2)14(18)13-9-11(15-19-13)10-7-5-6-8-12(10)17/h5-8,13,17H,3-4,9H2,1-2H3. The summed E-state index contributed by atoms with van der Waals surface area (Å²) in [6.07, 6.45) is -0.179. The molecule has 1 aromatic carbocycles. The monoisotopic (exact) mass is 262 g/mol. The molecule has 0 radical (unpaired) electrons. The number of aromatic hydroxyl groups is 1. The van der Waals surface area contributed by atoms with E-state index in [0.717, 1.165) is 0 Å². The minimum Gasteiger partial charge on any atom is -0.507 e. The maximum atomic E-state index is 12.1. The van der Waals surface area contributed by atoms with Gasteiger partial charge < -0.3 is 14.8 Å². The zero-order valence-electron chi connectivity index (χ0n) is 11.2. The summed E-state index contributed by atoms with van der Waals surface area (Å²) in [4.78, 5) is 19.1. The molecule has 0 saturated heterocycles. The molecule has 0 spiro atoms. The molecule has 0 aliphatic carbocycles. The van der Waals surface area contributed by atoms with Gasteiger partial charge in [-0.25, -0.2) is 0 Å². The molecule has 1 amide bonds. The predicted molar refractivity (Wildman–Crippen MR) is 72.1 cm³/mol. The second-order valence-electron chi connectivity index (χ2n) is 4.36. The first-order chi connectivity index (χ1) is 9.17. The van der Waals surface area contributed by atoms with E-state index in [0.29, 0.717) is 30.8 Å². The number of benzene rings is 1. The van der Waals surface area contributed by atoms with E-state index in [4.69, 9.17) is 4.84 Å². The molecule has 102 valence electrons. The smallest absolute Gasteiger partial charge is 0.266 e. The van der Waals surface area contributed by atoms with Crippen molar-refractivity contribution in [3.63, 3.8) is 0 Å². The summed E-state index contributed by atoms with van der Waals surface area (Å²) < 4.78 is 0.